The first-order valence-corrected chi connectivity index (χ1v) is 8.25. The average molecular weight is 264 g/mol. The molecule has 100 valence electrons. The zero-order valence-electron chi connectivity index (χ0n) is 11.6. The second-order valence-electron chi connectivity index (χ2n) is 5.39. The molecule has 0 fully saturated rings. The zero-order chi connectivity index (χ0) is 13.0. The Balaban J connectivity index is 2.09. The van der Waals surface area contributed by atoms with E-state index in [-0.39, 0.29) is 5.92 Å². The van der Waals surface area contributed by atoms with Gasteiger partial charge in [-0.25, -0.2) is 0 Å². The molecule has 2 heteroatoms. The number of unbranched alkanes of at least 4 members (excludes halogenated alkanes) is 1. The monoisotopic (exact) mass is 264 g/mol. The minimum Gasteiger partial charge on any atom is -0.299 e. The molecule has 0 radical (unpaired) electrons. The van der Waals surface area contributed by atoms with Crippen LogP contribution in [0.25, 0.3) is 0 Å². The molecular weight excluding hydrogens is 240 g/mol. The van der Waals surface area contributed by atoms with Crippen LogP contribution in [0.1, 0.15) is 68.7 Å². The molecule has 1 aromatic heterocycles. The summed E-state index contributed by atoms with van der Waals surface area (Å²) in [4.78, 5) is 14.2. The summed E-state index contributed by atoms with van der Waals surface area (Å²) < 4.78 is 0. The molecule has 1 heterocycles. The fourth-order valence-electron chi connectivity index (χ4n) is 3.06. The lowest BCUT2D eigenvalue weighted by Crippen LogP contribution is -2.24. The van der Waals surface area contributed by atoms with Crippen LogP contribution in [-0.2, 0) is 11.2 Å². The largest absolute Gasteiger partial charge is 0.299 e. The Labute approximate surface area is 115 Å². The number of aryl methyl sites for hydroxylation is 1. The van der Waals surface area contributed by atoms with Crippen LogP contribution in [0.5, 0.6) is 0 Å². The van der Waals surface area contributed by atoms with Gasteiger partial charge >= 0.3 is 0 Å². The van der Waals surface area contributed by atoms with Gasteiger partial charge in [0.25, 0.3) is 0 Å². The van der Waals surface area contributed by atoms with E-state index in [1.807, 2.05) is 11.3 Å². The van der Waals surface area contributed by atoms with Gasteiger partial charge in [-0.05, 0) is 49.1 Å². The predicted octanol–water partition coefficient (Wildman–Crippen LogP) is 4.95. The van der Waals surface area contributed by atoms with Gasteiger partial charge in [0.05, 0.1) is 0 Å². The molecule has 1 aliphatic carbocycles. The van der Waals surface area contributed by atoms with E-state index in [1.54, 1.807) is 0 Å². The minimum atomic E-state index is 0.210. The maximum absolute atomic E-state index is 12.7. The van der Waals surface area contributed by atoms with E-state index < -0.39 is 0 Å². The molecule has 0 spiro atoms. The topological polar surface area (TPSA) is 17.1 Å². The van der Waals surface area contributed by atoms with Gasteiger partial charge in [-0.3, -0.25) is 4.79 Å². The number of carbonyl (C=O) groups excluding carboxylic acids is 1. The molecule has 1 aliphatic rings. The van der Waals surface area contributed by atoms with Gasteiger partial charge in [0.1, 0.15) is 5.78 Å². The number of carbonyl (C=O) groups is 1. The molecule has 0 aromatic carbocycles. The molecule has 0 aliphatic heterocycles. The molecule has 2 atom stereocenters. The molecule has 0 saturated carbocycles. The first-order chi connectivity index (χ1) is 8.77. The van der Waals surface area contributed by atoms with Gasteiger partial charge in [0.15, 0.2) is 0 Å². The lowest BCUT2D eigenvalue weighted by Gasteiger charge is -2.25. The molecule has 2 unspecified atom stereocenters. The van der Waals surface area contributed by atoms with Crippen molar-refractivity contribution in [1.82, 2.24) is 0 Å². The summed E-state index contributed by atoms with van der Waals surface area (Å²) in [5.41, 5.74) is 1.35. The Morgan fingerprint density at radius 3 is 3.06 bits per heavy atom. The molecule has 18 heavy (non-hydrogen) atoms. The lowest BCUT2D eigenvalue weighted by atomic mass is 9.78. The van der Waals surface area contributed by atoms with Crippen molar-refractivity contribution in [3.05, 3.63) is 21.9 Å². The highest BCUT2D eigenvalue weighted by Crippen LogP contribution is 2.37. The van der Waals surface area contributed by atoms with E-state index in [0.29, 0.717) is 11.7 Å². The van der Waals surface area contributed by atoms with Crippen molar-refractivity contribution in [2.45, 2.75) is 64.7 Å². The molecular formula is C16H24OS. The average Bonchev–Trinajstić information content (AvgIpc) is 2.87. The van der Waals surface area contributed by atoms with E-state index in [0.717, 1.165) is 19.3 Å². The van der Waals surface area contributed by atoms with Crippen LogP contribution < -0.4 is 0 Å². The number of ketones is 1. The maximum Gasteiger partial charge on any atom is 0.143 e. The minimum absolute atomic E-state index is 0.210. The molecule has 0 N–H and O–H groups in total. The second kappa shape index (κ2) is 6.51. The van der Waals surface area contributed by atoms with Crippen molar-refractivity contribution in [3.63, 3.8) is 0 Å². The molecule has 0 bridgehead atoms. The first-order valence-electron chi connectivity index (χ1n) is 7.37. The first kappa shape index (κ1) is 13.8. The quantitative estimate of drug-likeness (QED) is 0.710. The van der Waals surface area contributed by atoms with E-state index in [9.17, 15) is 4.79 Å². The van der Waals surface area contributed by atoms with Crippen LogP contribution in [0, 0.1) is 5.92 Å². The van der Waals surface area contributed by atoms with Gasteiger partial charge in [-0.2, -0.15) is 0 Å². The predicted molar refractivity (Wildman–Crippen MR) is 78.3 cm³/mol. The van der Waals surface area contributed by atoms with Crippen molar-refractivity contribution in [2.75, 3.05) is 0 Å². The highest BCUT2D eigenvalue weighted by Gasteiger charge is 2.30. The molecule has 1 nitrogen and oxygen atoms in total. The fourth-order valence-corrected chi connectivity index (χ4v) is 4.05. The number of hydrogen-bond donors (Lipinski definition) is 0. The van der Waals surface area contributed by atoms with E-state index in [2.05, 4.69) is 25.3 Å². The smallest absolute Gasteiger partial charge is 0.143 e. The van der Waals surface area contributed by atoms with Gasteiger partial charge in [0, 0.05) is 16.7 Å². The number of Topliss-reactive ketones (excluding diaryl/α,β-unsaturated/α-hetero) is 1. The molecule has 1 aromatic rings. The SMILES string of the molecule is CCCCC(CC)C(=O)C1CCCc2sccc21. The highest BCUT2D eigenvalue weighted by atomic mass is 32.1. The lowest BCUT2D eigenvalue weighted by molar-refractivity contribution is -0.125. The summed E-state index contributed by atoms with van der Waals surface area (Å²) in [6, 6.07) is 2.19. The zero-order valence-corrected chi connectivity index (χ0v) is 12.4. The summed E-state index contributed by atoms with van der Waals surface area (Å²) in [6.45, 7) is 4.37. The third-order valence-corrected chi connectivity index (χ3v) is 5.19. The van der Waals surface area contributed by atoms with Crippen LogP contribution in [-0.4, -0.2) is 5.78 Å². The van der Waals surface area contributed by atoms with Crippen molar-refractivity contribution < 1.29 is 4.79 Å². The van der Waals surface area contributed by atoms with Crippen LogP contribution in [0.4, 0.5) is 0 Å². The molecule has 0 saturated heterocycles. The van der Waals surface area contributed by atoms with Crippen molar-refractivity contribution in [3.8, 4) is 0 Å². The van der Waals surface area contributed by atoms with Crippen molar-refractivity contribution in [2.24, 2.45) is 5.92 Å². The van der Waals surface area contributed by atoms with E-state index in [1.165, 1.54) is 36.1 Å². The normalized spacial score (nSPS) is 20.4. The Morgan fingerprint density at radius 2 is 2.33 bits per heavy atom. The van der Waals surface area contributed by atoms with Crippen LogP contribution >= 0.6 is 11.3 Å². The van der Waals surface area contributed by atoms with E-state index >= 15 is 0 Å². The third kappa shape index (κ3) is 2.85. The Hall–Kier alpha value is -0.630. The van der Waals surface area contributed by atoms with Crippen LogP contribution in [0.15, 0.2) is 11.4 Å². The Morgan fingerprint density at radius 1 is 1.50 bits per heavy atom. The standard InChI is InChI=1S/C16H24OS/c1-3-5-7-12(4-2)16(17)14-8-6-9-15-13(14)10-11-18-15/h10-12,14H,3-9H2,1-2H3. The van der Waals surface area contributed by atoms with Gasteiger partial charge < -0.3 is 0 Å². The summed E-state index contributed by atoms with van der Waals surface area (Å²) >= 11 is 1.83. The number of thiophene rings is 1. The maximum atomic E-state index is 12.7. The van der Waals surface area contributed by atoms with Gasteiger partial charge in [-0.15, -0.1) is 11.3 Å². The number of hydrogen-bond acceptors (Lipinski definition) is 2. The Kier molecular flexibility index (Phi) is 4.99. The van der Waals surface area contributed by atoms with Gasteiger partial charge in [0.2, 0.25) is 0 Å². The van der Waals surface area contributed by atoms with E-state index in [4.69, 9.17) is 0 Å². The Bertz CT molecular complexity index is 394. The van der Waals surface area contributed by atoms with Crippen LogP contribution in [0.3, 0.4) is 0 Å². The fraction of sp³-hybridized carbons (Fsp3) is 0.688. The molecule has 0 amide bonds. The van der Waals surface area contributed by atoms with Crippen LogP contribution in [0.2, 0.25) is 0 Å². The van der Waals surface area contributed by atoms with Gasteiger partial charge in [-0.1, -0.05) is 26.7 Å². The number of rotatable bonds is 6. The number of fused-ring (bicyclic) bond motifs is 1. The third-order valence-electron chi connectivity index (χ3n) is 4.20. The summed E-state index contributed by atoms with van der Waals surface area (Å²) in [6.07, 6.45) is 7.92. The van der Waals surface area contributed by atoms with Crippen molar-refractivity contribution in [1.29, 1.82) is 0 Å². The summed E-state index contributed by atoms with van der Waals surface area (Å²) in [5.74, 6) is 1.02. The summed E-state index contributed by atoms with van der Waals surface area (Å²) in [7, 11) is 0. The molecule has 2 rings (SSSR count). The van der Waals surface area contributed by atoms with Crippen molar-refractivity contribution >= 4 is 17.1 Å². The summed E-state index contributed by atoms with van der Waals surface area (Å²) in [5, 5.41) is 2.16. The highest BCUT2D eigenvalue weighted by molar-refractivity contribution is 7.10. The second-order valence-corrected chi connectivity index (χ2v) is 6.39.